The number of rotatable bonds is 5. The average molecular weight is 275 g/mol. The van der Waals surface area contributed by atoms with Crippen LogP contribution in [0.2, 0.25) is 0 Å². The Morgan fingerprint density at radius 2 is 1.90 bits per heavy atom. The van der Waals surface area contributed by atoms with E-state index in [-0.39, 0.29) is 5.54 Å². The maximum atomic E-state index is 6.16. The van der Waals surface area contributed by atoms with Crippen molar-refractivity contribution in [1.82, 2.24) is 9.88 Å². The lowest BCUT2D eigenvalue weighted by molar-refractivity contribution is 0.0497. The third kappa shape index (κ3) is 3.39. The van der Waals surface area contributed by atoms with E-state index < -0.39 is 0 Å². The largest absolute Gasteiger partial charge is 0.329 e. The first-order valence-corrected chi connectivity index (χ1v) is 7.87. The molecule has 1 fully saturated rings. The monoisotopic (exact) mass is 275 g/mol. The van der Waals surface area contributed by atoms with Gasteiger partial charge in [-0.05, 0) is 62.3 Å². The van der Waals surface area contributed by atoms with Crippen LogP contribution >= 0.6 is 0 Å². The molecule has 0 atom stereocenters. The van der Waals surface area contributed by atoms with Crippen molar-refractivity contribution >= 4 is 0 Å². The lowest BCUT2D eigenvalue weighted by atomic mass is 9.72. The molecule has 0 saturated heterocycles. The molecule has 1 aliphatic rings. The SMILES string of the molecule is CC(C)C1CCC(CN)(N(C)Cc2ccncc2)CC1. The summed E-state index contributed by atoms with van der Waals surface area (Å²) in [5, 5.41) is 0. The molecule has 20 heavy (non-hydrogen) atoms. The van der Waals surface area contributed by atoms with Crippen molar-refractivity contribution in [3.8, 4) is 0 Å². The average Bonchev–Trinajstić information content (AvgIpc) is 2.48. The van der Waals surface area contributed by atoms with Crippen LogP contribution in [0.15, 0.2) is 24.5 Å². The Bertz CT molecular complexity index is 394. The maximum absolute atomic E-state index is 6.16. The van der Waals surface area contributed by atoms with Gasteiger partial charge in [-0.3, -0.25) is 9.88 Å². The Morgan fingerprint density at radius 3 is 2.40 bits per heavy atom. The van der Waals surface area contributed by atoms with Crippen LogP contribution in [0.1, 0.15) is 45.1 Å². The molecule has 1 aromatic rings. The van der Waals surface area contributed by atoms with Crippen LogP contribution in [-0.4, -0.2) is 29.0 Å². The number of likely N-dealkylation sites (N-methyl/N-ethyl adjacent to an activating group) is 1. The topological polar surface area (TPSA) is 42.1 Å². The van der Waals surface area contributed by atoms with Gasteiger partial charge in [-0.1, -0.05) is 13.8 Å². The highest BCUT2D eigenvalue weighted by Gasteiger charge is 2.38. The zero-order chi connectivity index (χ0) is 14.6. The van der Waals surface area contributed by atoms with Gasteiger partial charge in [0.15, 0.2) is 0 Å². The molecule has 1 heterocycles. The molecule has 1 saturated carbocycles. The molecule has 1 aliphatic carbocycles. The molecule has 1 aromatic heterocycles. The fourth-order valence-corrected chi connectivity index (χ4v) is 3.52. The molecule has 3 nitrogen and oxygen atoms in total. The van der Waals surface area contributed by atoms with Gasteiger partial charge < -0.3 is 5.73 Å². The predicted molar refractivity (Wildman–Crippen MR) is 84.3 cm³/mol. The Labute approximate surface area is 123 Å². The van der Waals surface area contributed by atoms with Gasteiger partial charge in [0, 0.05) is 31.0 Å². The van der Waals surface area contributed by atoms with Crippen LogP contribution < -0.4 is 5.73 Å². The van der Waals surface area contributed by atoms with Gasteiger partial charge in [-0.2, -0.15) is 0 Å². The van der Waals surface area contributed by atoms with E-state index in [9.17, 15) is 0 Å². The molecule has 0 radical (unpaired) electrons. The quantitative estimate of drug-likeness (QED) is 0.898. The molecule has 0 bridgehead atoms. The minimum absolute atomic E-state index is 0.189. The number of pyridine rings is 1. The number of hydrogen-bond donors (Lipinski definition) is 1. The summed E-state index contributed by atoms with van der Waals surface area (Å²) in [5.74, 6) is 1.68. The van der Waals surface area contributed by atoms with Gasteiger partial charge in [0.05, 0.1) is 0 Å². The van der Waals surface area contributed by atoms with Crippen molar-refractivity contribution in [3.63, 3.8) is 0 Å². The molecule has 0 aliphatic heterocycles. The summed E-state index contributed by atoms with van der Waals surface area (Å²) in [5.41, 5.74) is 7.67. The van der Waals surface area contributed by atoms with E-state index in [0.29, 0.717) is 0 Å². The Balaban J connectivity index is 2.01. The van der Waals surface area contributed by atoms with Crippen molar-refractivity contribution in [2.45, 2.75) is 51.6 Å². The summed E-state index contributed by atoms with van der Waals surface area (Å²) in [6.07, 6.45) is 8.83. The van der Waals surface area contributed by atoms with Crippen LogP contribution in [0.4, 0.5) is 0 Å². The Kier molecular flexibility index (Phi) is 5.17. The molecule has 3 heteroatoms. The molecule has 0 amide bonds. The van der Waals surface area contributed by atoms with Gasteiger partial charge in [-0.15, -0.1) is 0 Å². The van der Waals surface area contributed by atoms with Crippen molar-refractivity contribution in [3.05, 3.63) is 30.1 Å². The molecular formula is C17H29N3. The first-order valence-electron chi connectivity index (χ1n) is 7.87. The second-order valence-electron chi connectivity index (χ2n) is 6.72. The molecule has 0 unspecified atom stereocenters. The minimum Gasteiger partial charge on any atom is -0.329 e. The van der Waals surface area contributed by atoms with Crippen molar-refractivity contribution in [2.75, 3.05) is 13.6 Å². The van der Waals surface area contributed by atoms with Crippen LogP contribution in [-0.2, 0) is 6.54 Å². The molecule has 0 aromatic carbocycles. The van der Waals surface area contributed by atoms with Crippen LogP contribution in [0.5, 0.6) is 0 Å². The highest BCUT2D eigenvalue weighted by molar-refractivity contribution is 5.10. The number of aromatic nitrogens is 1. The lowest BCUT2D eigenvalue weighted by Gasteiger charge is -2.46. The highest BCUT2D eigenvalue weighted by Crippen LogP contribution is 2.38. The van der Waals surface area contributed by atoms with E-state index in [0.717, 1.165) is 24.9 Å². The van der Waals surface area contributed by atoms with E-state index in [4.69, 9.17) is 5.73 Å². The summed E-state index contributed by atoms with van der Waals surface area (Å²) >= 11 is 0. The van der Waals surface area contributed by atoms with Crippen LogP contribution in [0.25, 0.3) is 0 Å². The summed E-state index contributed by atoms with van der Waals surface area (Å²) in [6.45, 7) is 6.42. The lowest BCUT2D eigenvalue weighted by Crippen LogP contribution is -2.54. The molecule has 112 valence electrons. The van der Waals surface area contributed by atoms with Gasteiger partial charge in [0.2, 0.25) is 0 Å². The maximum Gasteiger partial charge on any atom is 0.0332 e. The summed E-state index contributed by atoms with van der Waals surface area (Å²) < 4.78 is 0. The molecular weight excluding hydrogens is 246 g/mol. The van der Waals surface area contributed by atoms with Gasteiger partial charge in [0.25, 0.3) is 0 Å². The standard InChI is InChI=1S/C17H29N3/c1-14(2)16-4-8-17(13-18,9-5-16)20(3)12-15-6-10-19-11-7-15/h6-7,10-11,14,16H,4-5,8-9,12-13,18H2,1-3H3. The number of hydrogen-bond acceptors (Lipinski definition) is 3. The normalized spacial score (nSPS) is 27.2. The zero-order valence-corrected chi connectivity index (χ0v) is 13.2. The Morgan fingerprint density at radius 1 is 1.30 bits per heavy atom. The van der Waals surface area contributed by atoms with Gasteiger partial charge >= 0.3 is 0 Å². The first kappa shape index (κ1) is 15.5. The van der Waals surface area contributed by atoms with E-state index in [1.54, 1.807) is 0 Å². The first-order chi connectivity index (χ1) is 9.57. The summed E-state index contributed by atoms with van der Waals surface area (Å²) in [6, 6.07) is 4.20. The van der Waals surface area contributed by atoms with Gasteiger partial charge in [-0.25, -0.2) is 0 Å². The van der Waals surface area contributed by atoms with E-state index in [1.165, 1.54) is 31.2 Å². The third-order valence-electron chi connectivity index (χ3n) is 5.26. The van der Waals surface area contributed by atoms with Crippen molar-refractivity contribution < 1.29 is 0 Å². The molecule has 2 N–H and O–H groups in total. The second kappa shape index (κ2) is 6.68. The Hall–Kier alpha value is -0.930. The van der Waals surface area contributed by atoms with Crippen molar-refractivity contribution in [2.24, 2.45) is 17.6 Å². The number of nitrogens with two attached hydrogens (primary N) is 1. The molecule has 2 rings (SSSR count). The van der Waals surface area contributed by atoms with Crippen molar-refractivity contribution in [1.29, 1.82) is 0 Å². The predicted octanol–water partition coefficient (Wildman–Crippen LogP) is 3.06. The number of nitrogens with zero attached hydrogens (tertiary/aromatic N) is 2. The fourth-order valence-electron chi connectivity index (χ4n) is 3.52. The summed E-state index contributed by atoms with van der Waals surface area (Å²) in [7, 11) is 2.23. The fraction of sp³-hybridized carbons (Fsp3) is 0.706. The van der Waals surface area contributed by atoms with Gasteiger partial charge in [0.1, 0.15) is 0 Å². The highest BCUT2D eigenvalue weighted by atomic mass is 15.2. The second-order valence-corrected chi connectivity index (χ2v) is 6.72. The molecule has 0 spiro atoms. The van der Waals surface area contributed by atoms with E-state index >= 15 is 0 Å². The summed E-state index contributed by atoms with van der Waals surface area (Å²) in [4.78, 5) is 6.56. The third-order valence-corrected chi connectivity index (χ3v) is 5.26. The van der Waals surface area contributed by atoms with Crippen LogP contribution in [0, 0.1) is 11.8 Å². The van der Waals surface area contributed by atoms with E-state index in [1.807, 2.05) is 12.4 Å². The zero-order valence-electron chi connectivity index (χ0n) is 13.2. The smallest absolute Gasteiger partial charge is 0.0332 e. The van der Waals surface area contributed by atoms with Crippen LogP contribution in [0.3, 0.4) is 0 Å². The minimum atomic E-state index is 0.189. The van der Waals surface area contributed by atoms with E-state index in [2.05, 4.69) is 42.9 Å².